The van der Waals surface area contributed by atoms with Crippen molar-refractivity contribution in [1.29, 1.82) is 0 Å². The van der Waals surface area contributed by atoms with Crippen LogP contribution in [-0.4, -0.2) is 9.55 Å². The summed E-state index contributed by atoms with van der Waals surface area (Å²) in [6.07, 6.45) is 6.15. The maximum Gasteiger partial charge on any atom is 0.109 e. The molecule has 1 unspecified atom stereocenters. The lowest BCUT2D eigenvalue weighted by molar-refractivity contribution is 0.571. The number of rotatable bonds is 5. The maximum absolute atomic E-state index is 4.30. The van der Waals surface area contributed by atoms with Gasteiger partial charge in [-0.3, -0.25) is 0 Å². The highest BCUT2D eigenvalue weighted by Crippen LogP contribution is 2.15. The minimum Gasteiger partial charge on any atom is -0.354 e. The van der Waals surface area contributed by atoms with Crippen molar-refractivity contribution >= 4 is 11.3 Å². The van der Waals surface area contributed by atoms with Gasteiger partial charge in [0.1, 0.15) is 5.01 Å². The van der Waals surface area contributed by atoms with E-state index in [1.807, 2.05) is 11.6 Å². The Labute approximate surface area is 100 Å². The van der Waals surface area contributed by atoms with Crippen molar-refractivity contribution in [2.45, 2.75) is 33.0 Å². The molecule has 2 aromatic rings. The molecule has 0 saturated heterocycles. The van der Waals surface area contributed by atoms with Crippen LogP contribution in [0.2, 0.25) is 0 Å². The van der Waals surface area contributed by atoms with Crippen molar-refractivity contribution in [2.75, 3.05) is 0 Å². The molecular weight excluding hydrogens is 218 g/mol. The van der Waals surface area contributed by atoms with Crippen molar-refractivity contribution in [1.82, 2.24) is 14.9 Å². The fourth-order valence-corrected chi connectivity index (χ4v) is 2.27. The van der Waals surface area contributed by atoms with E-state index in [1.165, 1.54) is 5.56 Å². The Hall–Kier alpha value is -1.13. The van der Waals surface area contributed by atoms with Crippen molar-refractivity contribution in [3.63, 3.8) is 0 Å². The molecule has 0 amide bonds. The first-order chi connectivity index (χ1) is 7.79. The fraction of sp³-hybridized carbons (Fsp3) is 0.417. The van der Waals surface area contributed by atoms with Gasteiger partial charge < -0.3 is 9.88 Å². The Morgan fingerprint density at radius 3 is 3.06 bits per heavy atom. The van der Waals surface area contributed by atoms with Gasteiger partial charge in [-0.2, -0.15) is 0 Å². The van der Waals surface area contributed by atoms with E-state index in [4.69, 9.17) is 0 Å². The van der Waals surface area contributed by atoms with E-state index in [0.717, 1.165) is 18.1 Å². The molecule has 2 aromatic heterocycles. The molecule has 0 aromatic carbocycles. The van der Waals surface area contributed by atoms with Gasteiger partial charge in [-0.1, -0.05) is 0 Å². The Morgan fingerprint density at radius 2 is 2.44 bits per heavy atom. The normalized spacial score (nSPS) is 12.9. The molecule has 0 fully saturated rings. The first-order valence-electron chi connectivity index (χ1n) is 5.57. The third-order valence-corrected chi connectivity index (χ3v) is 3.57. The van der Waals surface area contributed by atoms with Crippen LogP contribution in [0, 0.1) is 0 Å². The molecule has 3 nitrogen and oxygen atoms in total. The van der Waals surface area contributed by atoms with Crippen LogP contribution >= 0.6 is 11.3 Å². The van der Waals surface area contributed by atoms with Gasteiger partial charge in [0.25, 0.3) is 0 Å². The van der Waals surface area contributed by atoms with E-state index < -0.39 is 0 Å². The summed E-state index contributed by atoms with van der Waals surface area (Å²) in [5, 5.41) is 6.64. The fourth-order valence-electron chi connectivity index (χ4n) is 1.60. The van der Waals surface area contributed by atoms with Crippen molar-refractivity contribution in [2.24, 2.45) is 0 Å². The van der Waals surface area contributed by atoms with E-state index in [2.05, 4.69) is 47.2 Å². The average Bonchev–Trinajstić information content (AvgIpc) is 2.96. The molecule has 1 atom stereocenters. The van der Waals surface area contributed by atoms with Crippen LogP contribution in [0.1, 0.15) is 30.5 Å². The summed E-state index contributed by atoms with van der Waals surface area (Å²) in [6.45, 7) is 6.22. The van der Waals surface area contributed by atoms with Crippen LogP contribution in [0.5, 0.6) is 0 Å². The number of thiazole rings is 1. The van der Waals surface area contributed by atoms with Crippen LogP contribution in [0.25, 0.3) is 0 Å². The molecule has 4 heteroatoms. The molecule has 0 aliphatic heterocycles. The number of nitrogens with one attached hydrogen (secondary N) is 1. The summed E-state index contributed by atoms with van der Waals surface area (Å²) in [6, 6.07) is 2.48. The average molecular weight is 235 g/mol. The van der Waals surface area contributed by atoms with E-state index in [9.17, 15) is 0 Å². The number of aryl methyl sites for hydroxylation is 1. The third-order valence-electron chi connectivity index (χ3n) is 2.61. The number of hydrogen-bond donors (Lipinski definition) is 1. The number of aromatic nitrogens is 2. The molecule has 2 rings (SSSR count). The molecule has 0 aliphatic rings. The van der Waals surface area contributed by atoms with E-state index in [0.29, 0.717) is 6.04 Å². The van der Waals surface area contributed by atoms with Gasteiger partial charge in [-0.25, -0.2) is 4.98 Å². The summed E-state index contributed by atoms with van der Waals surface area (Å²) in [5.41, 5.74) is 1.32. The van der Waals surface area contributed by atoms with Crippen LogP contribution in [-0.2, 0) is 13.1 Å². The molecule has 0 spiro atoms. The molecule has 1 N–H and O–H groups in total. The van der Waals surface area contributed by atoms with Crippen molar-refractivity contribution < 1.29 is 0 Å². The van der Waals surface area contributed by atoms with Crippen molar-refractivity contribution in [3.05, 3.63) is 40.6 Å². The predicted octanol–water partition coefficient (Wildman–Crippen LogP) is 2.82. The number of nitrogens with zero attached hydrogens (tertiary/aromatic N) is 2. The maximum atomic E-state index is 4.30. The van der Waals surface area contributed by atoms with Gasteiger partial charge >= 0.3 is 0 Å². The minimum absolute atomic E-state index is 0.324. The summed E-state index contributed by atoms with van der Waals surface area (Å²) in [5.74, 6) is 0. The molecule has 86 valence electrons. The summed E-state index contributed by atoms with van der Waals surface area (Å²) < 4.78 is 2.19. The van der Waals surface area contributed by atoms with Gasteiger partial charge in [0, 0.05) is 37.1 Å². The zero-order valence-corrected chi connectivity index (χ0v) is 10.5. The highest BCUT2D eigenvalue weighted by Gasteiger charge is 2.07. The molecule has 0 bridgehead atoms. The quantitative estimate of drug-likeness (QED) is 0.863. The van der Waals surface area contributed by atoms with E-state index in [1.54, 1.807) is 11.3 Å². The second-order valence-electron chi connectivity index (χ2n) is 3.82. The topological polar surface area (TPSA) is 29.9 Å². The Bertz CT molecular complexity index is 419. The van der Waals surface area contributed by atoms with Gasteiger partial charge in [-0.05, 0) is 25.5 Å². The van der Waals surface area contributed by atoms with E-state index >= 15 is 0 Å². The largest absolute Gasteiger partial charge is 0.354 e. The summed E-state index contributed by atoms with van der Waals surface area (Å²) >= 11 is 1.70. The van der Waals surface area contributed by atoms with Crippen LogP contribution in [0.3, 0.4) is 0 Å². The smallest absolute Gasteiger partial charge is 0.109 e. The molecule has 16 heavy (non-hydrogen) atoms. The van der Waals surface area contributed by atoms with E-state index in [-0.39, 0.29) is 0 Å². The Kier molecular flexibility index (Phi) is 3.74. The first-order valence-corrected chi connectivity index (χ1v) is 6.45. The summed E-state index contributed by atoms with van der Waals surface area (Å²) in [4.78, 5) is 4.30. The minimum atomic E-state index is 0.324. The SMILES string of the molecule is CCn1ccc(CNC(C)c2nccs2)c1. The zero-order chi connectivity index (χ0) is 11.4. The second-order valence-corrected chi connectivity index (χ2v) is 4.75. The van der Waals surface area contributed by atoms with Gasteiger partial charge in [0.15, 0.2) is 0 Å². The third kappa shape index (κ3) is 2.71. The molecule has 0 radical (unpaired) electrons. The van der Waals surface area contributed by atoms with Crippen LogP contribution in [0.15, 0.2) is 30.0 Å². The molecule has 0 aliphatic carbocycles. The molecule has 2 heterocycles. The lowest BCUT2D eigenvalue weighted by atomic mass is 10.3. The monoisotopic (exact) mass is 235 g/mol. The van der Waals surface area contributed by atoms with Crippen LogP contribution < -0.4 is 5.32 Å². The zero-order valence-electron chi connectivity index (χ0n) is 9.68. The van der Waals surface area contributed by atoms with Gasteiger partial charge in [-0.15, -0.1) is 11.3 Å². The van der Waals surface area contributed by atoms with Gasteiger partial charge in [0.05, 0.1) is 6.04 Å². The van der Waals surface area contributed by atoms with Gasteiger partial charge in [0.2, 0.25) is 0 Å². The Balaban J connectivity index is 1.87. The summed E-state index contributed by atoms with van der Waals surface area (Å²) in [7, 11) is 0. The highest BCUT2D eigenvalue weighted by molar-refractivity contribution is 7.09. The molecule has 0 saturated carbocycles. The lowest BCUT2D eigenvalue weighted by Gasteiger charge is -2.09. The first kappa shape index (κ1) is 11.4. The van der Waals surface area contributed by atoms with Crippen molar-refractivity contribution in [3.8, 4) is 0 Å². The second kappa shape index (κ2) is 5.27. The van der Waals surface area contributed by atoms with Crippen LogP contribution in [0.4, 0.5) is 0 Å². The predicted molar refractivity (Wildman–Crippen MR) is 67.5 cm³/mol. The lowest BCUT2D eigenvalue weighted by Crippen LogP contribution is -2.17. The standard InChI is InChI=1S/C12H17N3S/c1-3-15-6-4-11(9-15)8-14-10(2)12-13-5-7-16-12/h4-7,9-10,14H,3,8H2,1-2H3. The highest BCUT2D eigenvalue weighted by atomic mass is 32.1. The molecular formula is C12H17N3S. The Morgan fingerprint density at radius 1 is 1.56 bits per heavy atom. The number of hydrogen-bond acceptors (Lipinski definition) is 3.